The van der Waals surface area contributed by atoms with Gasteiger partial charge in [0, 0.05) is 12.1 Å². The second kappa shape index (κ2) is 9.40. The number of aryl methyl sites for hydroxylation is 3. The van der Waals surface area contributed by atoms with Gasteiger partial charge in [0.25, 0.3) is 0 Å². The Balaban J connectivity index is 1.78. The van der Waals surface area contributed by atoms with Gasteiger partial charge in [-0.15, -0.1) is 10.2 Å². The number of halogens is 1. The zero-order valence-electron chi connectivity index (χ0n) is 17.4. The molecule has 0 radical (unpaired) electrons. The molecule has 30 heavy (non-hydrogen) atoms. The molecule has 0 unspecified atom stereocenters. The van der Waals surface area contributed by atoms with Gasteiger partial charge < -0.3 is 14.8 Å². The zero-order chi connectivity index (χ0) is 21.8. The number of carbonyl (C=O) groups excluding carboxylic acids is 1. The summed E-state index contributed by atoms with van der Waals surface area (Å²) in [5.74, 6) is 1.60. The van der Waals surface area contributed by atoms with Crippen LogP contribution in [0.1, 0.15) is 17.0 Å². The second-order valence-corrected chi connectivity index (χ2v) is 8.03. The molecule has 0 aliphatic heterocycles. The van der Waals surface area contributed by atoms with Gasteiger partial charge in [0.1, 0.15) is 17.3 Å². The van der Waals surface area contributed by atoms with Crippen LogP contribution in [0.25, 0.3) is 5.69 Å². The molecule has 0 aliphatic carbocycles. The van der Waals surface area contributed by atoms with Crippen LogP contribution in [-0.4, -0.2) is 40.6 Å². The van der Waals surface area contributed by atoms with E-state index in [1.165, 1.54) is 26.0 Å². The first kappa shape index (κ1) is 22.0. The molecule has 9 heteroatoms. The number of nitrogens with one attached hydrogen (secondary N) is 1. The van der Waals surface area contributed by atoms with E-state index in [-0.39, 0.29) is 11.7 Å². The average molecular weight is 447 g/mol. The molecule has 3 aromatic rings. The van der Waals surface area contributed by atoms with E-state index in [0.29, 0.717) is 27.4 Å². The van der Waals surface area contributed by atoms with Crippen molar-refractivity contribution in [3.05, 3.63) is 52.3 Å². The lowest BCUT2D eigenvalue weighted by atomic mass is 10.1. The summed E-state index contributed by atoms with van der Waals surface area (Å²) in [6, 6.07) is 9.44. The Kier molecular flexibility index (Phi) is 6.89. The van der Waals surface area contributed by atoms with Crippen molar-refractivity contribution in [2.75, 3.05) is 25.3 Å². The molecule has 2 aromatic carbocycles. The number of benzene rings is 2. The van der Waals surface area contributed by atoms with Crippen LogP contribution in [0, 0.1) is 20.8 Å². The molecule has 1 amide bonds. The number of methoxy groups -OCH3 is 2. The summed E-state index contributed by atoms with van der Waals surface area (Å²) in [5.41, 5.74) is 3.73. The van der Waals surface area contributed by atoms with Crippen LogP contribution in [0.3, 0.4) is 0 Å². The van der Waals surface area contributed by atoms with Gasteiger partial charge in [0.05, 0.1) is 36.4 Å². The summed E-state index contributed by atoms with van der Waals surface area (Å²) in [5, 5.41) is 12.3. The van der Waals surface area contributed by atoms with Gasteiger partial charge >= 0.3 is 0 Å². The number of amides is 1. The molecule has 1 N–H and O–H groups in total. The topological polar surface area (TPSA) is 78.3 Å². The predicted octanol–water partition coefficient (Wildman–Crippen LogP) is 4.59. The number of thioether (sulfide) groups is 1. The fraction of sp³-hybridized carbons (Fsp3) is 0.286. The predicted molar refractivity (Wildman–Crippen MR) is 119 cm³/mol. The van der Waals surface area contributed by atoms with E-state index in [4.69, 9.17) is 21.1 Å². The van der Waals surface area contributed by atoms with Crippen molar-refractivity contribution in [1.82, 2.24) is 14.8 Å². The van der Waals surface area contributed by atoms with Gasteiger partial charge in [-0.1, -0.05) is 35.5 Å². The van der Waals surface area contributed by atoms with Crippen molar-refractivity contribution in [3.8, 4) is 17.2 Å². The van der Waals surface area contributed by atoms with Gasteiger partial charge in [-0.3, -0.25) is 9.36 Å². The summed E-state index contributed by atoms with van der Waals surface area (Å²) < 4.78 is 12.5. The van der Waals surface area contributed by atoms with Gasteiger partial charge in [-0.2, -0.15) is 0 Å². The number of anilines is 1. The van der Waals surface area contributed by atoms with Crippen LogP contribution in [0.15, 0.2) is 35.5 Å². The largest absolute Gasteiger partial charge is 0.495 e. The molecule has 0 atom stereocenters. The maximum Gasteiger partial charge on any atom is 0.234 e. The minimum Gasteiger partial charge on any atom is -0.495 e. The van der Waals surface area contributed by atoms with Gasteiger partial charge in [-0.25, -0.2) is 0 Å². The molecule has 0 spiro atoms. The Labute approximate surface area is 184 Å². The SMILES string of the molecule is COc1cc(NC(=O)CSc2nnc(C)n2-c2cc(C)ccc2C)c(OC)cc1Cl. The molecule has 7 nitrogen and oxygen atoms in total. The molecule has 158 valence electrons. The lowest BCUT2D eigenvalue weighted by molar-refractivity contribution is -0.113. The molecule has 0 fully saturated rings. The van der Waals surface area contributed by atoms with E-state index >= 15 is 0 Å². The average Bonchev–Trinajstić information content (AvgIpc) is 3.09. The summed E-state index contributed by atoms with van der Waals surface area (Å²) >= 11 is 7.43. The van der Waals surface area contributed by atoms with Crippen molar-refractivity contribution in [3.63, 3.8) is 0 Å². The number of ether oxygens (including phenoxy) is 2. The highest BCUT2D eigenvalue weighted by Crippen LogP contribution is 2.36. The van der Waals surface area contributed by atoms with Crippen molar-refractivity contribution < 1.29 is 14.3 Å². The highest BCUT2D eigenvalue weighted by Gasteiger charge is 2.17. The fourth-order valence-electron chi connectivity index (χ4n) is 2.95. The van der Waals surface area contributed by atoms with Crippen molar-refractivity contribution in [2.24, 2.45) is 0 Å². The van der Waals surface area contributed by atoms with E-state index in [9.17, 15) is 4.79 Å². The maximum atomic E-state index is 12.6. The highest BCUT2D eigenvalue weighted by atomic mass is 35.5. The maximum absolute atomic E-state index is 12.6. The van der Waals surface area contributed by atoms with E-state index in [1.54, 1.807) is 12.1 Å². The van der Waals surface area contributed by atoms with Crippen LogP contribution in [0.5, 0.6) is 11.5 Å². The van der Waals surface area contributed by atoms with E-state index in [2.05, 4.69) is 33.7 Å². The third-order valence-electron chi connectivity index (χ3n) is 4.48. The fourth-order valence-corrected chi connectivity index (χ4v) is 3.97. The standard InChI is InChI=1S/C21H23ClN4O3S/c1-12-6-7-13(2)17(8-12)26-14(3)24-25-21(26)30-11-20(27)23-16-10-18(28-4)15(22)9-19(16)29-5/h6-10H,11H2,1-5H3,(H,23,27). The normalized spacial score (nSPS) is 10.7. The van der Waals surface area contributed by atoms with Crippen molar-refractivity contribution in [1.29, 1.82) is 0 Å². The van der Waals surface area contributed by atoms with Crippen molar-refractivity contribution in [2.45, 2.75) is 25.9 Å². The number of hydrogen-bond acceptors (Lipinski definition) is 6. The molecule has 0 saturated carbocycles. The van der Waals surface area contributed by atoms with E-state index in [0.717, 1.165) is 22.6 Å². The quantitative estimate of drug-likeness (QED) is 0.534. The summed E-state index contributed by atoms with van der Waals surface area (Å²) in [7, 11) is 3.02. The minimum atomic E-state index is -0.212. The summed E-state index contributed by atoms with van der Waals surface area (Å²) in [4.78, 5) is 12.6. The number of aromatic nitrogens is 3. The Bertz CT molecular complexity index is 1080. The summed E-state index contributed by atoms with van der Waals surface area (Å²) in [6.07, 6.45) is 0. The molecule has 1 aromatic heterocycles. The molecular weight excluding hydrogens is 424 g/mol. The smallest absolute Gasteiger partial charge is 0.234 e. The van der Waals surface area contributed by atoms with Crippen LogP contribution in [0.2, 0.25) is 5.02 Å². The molecule has 0 bridgehead atoms. The third kappa shape index (κ3) is 4.71. The number of carbonyl (C=O) groups is 1. The molecule has 1 heterocycles. The first-order valence-electron chi connectivity index (χ1n) is 9.17. The van der Waals surface area contributed by atoms with E-state index in [1.807, 2.05) is 25.3 Å². The first-order valence-corrected chi connectivity index (χ1v) is 10.5. The van der Waals surface area contributed by atoms with Gasteiger partial charge in [0.15, 0.2) is 5.16 Å². The van der Waals surface area contributed by atoms with Gasteiger partial charge in [0.2, 0.25) is 5.91 Å². The molecule has 3 rings (SSSR count). The summed E-state index contributed by atoms with van der Waals surface area (Å²) in [6.45, 7) is 5.97. The van der Waals surface area contributed by atoms with Crippen LogP contribution in [0.4, 0.5) is 5.69 Å². The zero-order valence-corrected chi connectivity index (χ0v) is 19.0. The molecule has 0 saturated heterocycles. The molecular formula is C21H23ClN4O3S. The van der Waals surface area contributed by atoms with Crippen molar-refractivity contribution >= 4 is 35.0 Å². The second-order valence-electron chi connectivity index (χ2n) is 6.68. The lowest BCUT2D eigenvalue weighted by Crippen LogP contribution is -2.15. The first-order chi connectivity index (χ1) is 14.3. The number of rotatable bonds is 7. The van der Waals surface area contributed by atoms with Crippen LogP contribution in [-0.2, 0) is 4.79 Å². The molecule has 0 aliphatic rings. The Morgan fingerprint density at radius 3 is 2.53 bits per heavy atom. The third-order valence-corrected chi connectivity index (χ3v) is 5.71. The highest BCUT2D eigenvalue weighted by molar-refractivity contribution is 7.99. The lowest BCUT2D eigenvalue weighted by Gasteiger charge is -2.14. The monoisotopic (exact) mass is 446 g/mol. The van der Waals surface area contributed by atoms with E-state index < -0.39 is 0 Å². The number of hydrogen-bond donors (Lipinski definition) is 1. The minimum absolute atomic E-state index is 0.150. The Morgan fingerprint density at radius 1 is 1.10 bits per heavy atom. The van der Waals surface area contributed by atoms with Gasteiger partial charge in [-0.05, 0) is 38.0 Å². The van der Waals surface area contributed by atoms with Crippen LogP contribution >= 0.6 is 23.4 Å². The Morgan fingerprint density at radius 2 is 1.83 bits per heavy atom. The van der Waals surface area contributed by atoms with Crippen LogP contribution < -0.4 is 14.8 Å². The Hall–Kier alpha value is -2.71. The number of nitrogens with zero attached hydrogens (tertiary/aromatic N) is 3.